The predicted molar refractivity (Wildman–Crippen MR) is 56.6 cm³/mol. The van der Waals surface area contributed by atoms with Gasteiger partial charge in [-0.3, -0.25) is 10.1 Å². The van der Waals surface area contributed by atoms with Crippen LogP contribution >= 0.6 is 15.9 Å². The maximum atomic E-state index is 10.5. The van der Waals surface area contributed by atoms with Crippen molar-refractivity contribution in [2.24, 2.45) is 0 Å². The molecule has 1 aromatic carbocycles. The number of benzene rings is 1. The molecule has 0 saturated carbocycles. The fourth-order valence-corrected chi connectivity index (χ4v) is 1.53. The Kier molecular flexibility index (Phi) is 3.60. The van der Waals surface area contributed by atoms with Crippen molar-refractivity contribution in [3.63, 3.8) is 0 Å². The van der Waals surface area contributed by atoms with Gasteiger partial charge in [-0.05, 0) is 18.1 Å². The Labute approximate surface area is 89.8 Å². The number of aryl methyl sites for hydroxylation is 1. The minimum Gasteiger partial charge on any atom is -0.388 e. The lowest BCUT2D eigenvalue weighted by Crippen LogP contribution is -2.02. The Morgan fingerprint density at radius 3 is 2.79 bits per heavy atom. The number of hydrogen-bond acceptors (Lipinski definition) is 3. The lowest BCUT2D eigenvalue weighted by atomic mass is 10.0. The van der Waals surface area contributed by atoms with E-state index in [1.54, 1.807) is 6.07 Å². The van der Waals surface area contributed by atoms with Gasteiger partial charge < -0.3 is 5.11 Å². The van der Waals surface area contributed by atoms with Crippen LogP contribution in [-0.4, -0.2) is 15.4 Å². The molecule has 0 aliphatic heterocycles. The number of nitro groups is 1. The number of alkyl halides is 1. The Balaban J connectivity index is 3.14. The molecule has 4 nitrogen and oxygen atoms in total. The number of aliphatic hydroxyl groups is 1. The lowest BCUT2D eigenvalue weighted by molar-refractivity contribution is -0.385. The van der Waals surface area contributed by atoms with E-state index in [0.29, 0.717) is 10.9 Å². The maximum absolute atomic E-state index is 10.5. The number of aliphatic hydroxyl groups excluding tert-OH is 1. The molecule has 76 valence electrons. The maximum Gasteiger partial charge on any atom is 0.269 e. The molecule has 1 unspecified atom stereocenters. The summed E-state index contributed by atoms with van der Waals surface area (Å²) in [5.41, 5.74) is 1.45. The van der Waals surface area contributed by atoms with E-state index >= 15 is 0 Å². The van der Waals surface area contributed by atoms with E-state index in [1.165, 1.54) is 12.1 Å². The van der Waals surface area contributed by atoms with Crippen molar-refractivity contribution in [1.29, 1.82) is 0 Å². The van der Waals surface area contributed by atoms with Crippen LogP contribution in [0.1, 0.15) is 17.2 Å². The van der Waals surface area contributed by atoms with Gasteiger partial charge in [0, 0.05) is 17.5 Å². The molecule has 1 aromatic rings. The number of nitro benzene ring substituents is 1. The largest absolute Gasteiger partial charge is 0.388 e. The summed E-state index contributed by atoms with van der Waals surface area (Å²) in [6, 6.07) is 4.47. The van der Waals surface area contributed by atoms with Gasteiger partial charge in [-0.25, -0.2) is 0 Å². The predicted octanol–water partition coefficient (Wildman–Crippen LogP) is 2.33. The first-order valence-electron chi connectivity index (χ1n) is 4.05. The number of hydrogen-bond donors (Lipinski definition) is 1. The molecule has 0 aromatic heterocycles. The number of nitrogens with zero attached hydrogens (tertiary/aromatic N) is 1. The highest BCUT2D eigenvalue weighted by Gasteiger charge is 2.13. The van der Waals surface area contributed by atoms with Gasteiger partial charge in [-0.1, -0.05) is 22.0 Å². The van der Waals surface area contributed by atoms with Crippen molar-refractivity contribution in [3.8, 4) is 0 Å². The molecule has 0 spiro atoms. The van der Waals surface area contributed by atoms with E-state index in [4.69, 9.17) is 0 Å². The molecule has 1 rings (SSSR count). The quantitative estimate of drug-likeness (QED) is 0.515. The van der Waals surface area contributed by atoms with Crippen LogP contribution in [0.5, 0.6) is 0 Å². The fourth-order valence-electron chi connectivity index (χ4n) is 1.18. The van der Waals surface area contributed by atoms with Gasteiger partial charge in [0.2, 0.25) is 0 Å². The molecule has 0 aliphatic rings. The third-order valence-electron chi connectivity index (χ3n) is 1.98. The molecule has 0 fully saturated rings. The normalized spacial score (nSPS) is 12.5. The second-order valence-electron chi connectivity index (χ2n) is 2.97. The van der Waals surface area contributed by atoms with Crippen molar-refractivity contribution in [2.45, 2.75) is 13.0 Å². The van der Waals surface area contributed by atoms with Gasteiger partial charge in [0.25, 0.3) is 5.69 Å². The number of non-ortho nitro benzene ring substituents is 1. The highest BCUT2D eigenvalue weighted by atomic mass is 79.9. The highest BCUT2D eigenvalue weighted by molar-refractivity contribution is 9.09. The first-order chi connectivity index (χ1) is 6.56. The summed E-state index contributed by atoms with van der Waals surface area (Å²) in [5.74, 6) is 0. The minimum atomic E-state index is -0.699. The van der Waals surface area contributed by atoms with E-state index < -0.39 is 11.0 Å². The Morgan fingerprint density at radius 2 is 2.29 bits per heavy atom. The smallest absolute Gasteiger partial charge is 0.269 e. The molecule has 0 bridgehead atoms. The van der Waals surface area contributed by atoms with Crippen LogP contribution < -0.4 is 0 Å². The van der Waals surface area contributed by atoms with E-state index in [1.807, 2.05) is 6.92 Å². The van der Waals surface area contributed by atoms with E-state index in [2.05, 4.69) is 15.9 Å². The van der Waals surface area contributed by atoms with Crippen molar-refractivity contribution < 1.29 is 10.0 Å². The second kappa shape index (κ2) is 4.52. The summed E-state index contributed by atoms with van der Waals surface area (Å²) in [6.07, 6.45) is -0.699. The molecule has 0 saturated heterocycles. The Bertz CT molecular complexity index is 354. The van der Waals surface area contributed by atoms with Crippen LogP contribution in [0.25, 0.3) is 0 Å². The van der Waals surface area contributed by atoms with Crippen LogP contribution in [0.3, 0.4) is 0 Å². The summed E-state index contributed by atoms with van der Waals surface area (Å²) in [6.45, 7) is 1.81. The summed E-state index contributed by atoms with van der Waals surface area (Å²) in [4.78, 5) is 10.0. The van der Waals surface area contributed by atoms with E-state index in [0.717, 1.165) is 5.56 Å². The van der Waals surface area contributed by atoms with Gasteiger partial charge in [0.15, 0.2) is 0 Å². The second-order valence-corrected chi connectivity index (χ2v) is 3.62. The molecule has 0 aliphatic carbocycles. The zero-order valence-electron chi connectivity index (χ0n) is 7.61. The summed E-state index contributed by atoms with van der Waals surface area (Å²) in [5, 5.41) is 20.4. The van der Waals surface area contributed by atoms with Gasteiger partial charge >= 0.3 is 0 Å². The molecule has 0 heterocycles. The third kappa shape index (κ3) is 2.30. The number of rotatable bonds is 3. The molecule has 1 atom stereocenters. The molecule has 0 amide bonds. The van der Waals surface area contributed by atoms with Gasteiger partial charge in [0.1, 0.15) is 0 Å². The van der Waals surface area contributed by atoms with Crippen LogP contribution in [0.15, 0.2) is 18.2 Å². The molecule has 0 radical (unpaired) electrons. The molecular weight excluding hydrogens is 250 g/mol. The van der Waals surface area contributed by atoms with Gasteiger partial charge in [-0.2, -0.15) is 0 Å². The number of halogens is 1. The molecule has 5 heteroatoms. The average molecular weight is 260 g/mol. The van der Waals surface area contributed by atoms with Crippen molar-refractivity contribution >= 4 is 21.6 Å². The van der Waals surface area contributed by atoms with Crippen LogP contribution in [0.2, 0.25) is 0 Å². The Morgan fingerprint density at radius 1 is 1.64 bits per heavy atom. The molecular formula is C9H10BrNO3. The fraction of sp³-hybridized carbons (Fsp3) is 0.333. The van der Waals surface area contributed by atoms with Gasteiger partial charge in [-0.15, -0.1) is 0 Å². The average Bonchev–Trinajstić information content (AvgIpc) is 2.17. The van der Waals surface area contributed by atoms with Crippen LogP contribution in [-0.2, 0) is 0 Å². The third-order valence-corrected chi connectivity index (χ3v) is 2.59. The first-order valence-corrected chi connectivity index (χ1v) is 5.17. The topological polar surface area (TPSA) is 63.4 Å². The van der Waals surface area contributed by atoms with Crippen LogP contribution in [0.4, 0.5) is 5.69 Å². The lowest BCUT2D eigenvalue weighted by Gasteiger charge is -2.09. The summed E-state index contributed by atoms with van der Waals surface area (Å²) < 4.78 is 0. The standard InChI is InChI=1S/C9H10BrNO3/c1-6-2-3-7(11(13)14)4-8(6)9(12)5-10/h2-4,9,12H,5H2,1H3. The highest BCUT2D eigenvalue weighted by Crippen LogP contribution is 2.24. The van der Waals surface area contributed by atoms with Crippen molar-refractivity contribution in [3.05, 3.63) is 39.4 Å². The molecule has 1 N–H and O–H groups in total. The van der Waals surface area contributed by atoms with E-state index in [9.17, 15) is 15.2 Å². The van der Waals surface area contributed by atoms with Crippen molar-refractivity contribution in [2.75, 3.05) is 5.33 Å². The first kappa shape index (κ1) is 11.1. The Hall–Kier alpha value is -0.940. The summed E-state index contributed by atoms with van der Waals surface area (Å²) in [7, 11) is 0. The minimum absolute atomic E-state index is 0.00519. The van der Waals surface area contributed by atoms with Gasteiger partial charge in [0.05, 0.1) is 11.0 Å². The SMILES string of the molecule is Cc1ccc([N+](=O)[O-])cc1C(O)CBr. The van der Waals surface area contributed by atoms with Crippen molar-refractivity contribution in [1.82, 2.24) is 0 Å². The summed E-state index contributed by atoms with van der Waals surface area (Å²) >= 11 is 3.13. The monoisotopic (exact) mass is 259 g/mol. The zero-order chi connectivity index (χ0) is 10.7. The molecule has 14 heavy (non-hydrogen) atoms. The van der Waals surface area contributed by atoms with E-state index in [-0.39, 0.29) is 5.69 Å². The zero-order valence-corrected chi connectivity index (χ0v) is 9.19. The van der Waals surface area contributed by atoms with Crippen LogP contribution in [0, 0.1) is 17.0 Å².